The van der Waals surface area contributed by atoms with Crippen molar-refractivity contribution in [2.45, 2.75) is 45.8 Å². The minimum absolute atomic E-state index is 0.269. The van der Waals surface area contributed by atoms with E-state index in [0.29, 0.717) is 12.6 Å². The molecule has 2 heteroatoms. The highest BCUT2D eigenvalue weighted by atomic mass is 19.1. The highest BCUT2D eigenvalue weighted by Crippen LogP contribution is 2.21. The number of piperidine rings is 1. The van der Waals surface area contributed by atoms with Gasteiger partial charge in [-0.2, -0.15) is 0 Å². The van der Waals surface area contributed by atoms with E-state index in [4.69, 9.17) is 0 Å². The van der Waals surface area contributed by atoms with Gasteiger partial charge < -0.3 is 0 Å². The molecule has 1 heterocycles. The second-order valence-corrected chi connectivity index (χ2v) is 4.03. The van der Waals surface area contributed by atoms with Crippen molar-refractivity contribution in [3.05, 3.63) is 0 Å². The molecular weight excluding hydrogens is 153 g/mol. The number of hydrogen-bond acceptors (Lipinski definition) is 1. The van der Waals surface area contributed by atoms with Crippen LogP contribution in [0.2, 0.25) is 0 Å². The van der Waals surface area contributed by atoms with Gasteiger partial charge in [0.2, 0.25) is 0 Å². The first kappa shape index (κ1) is 9.97. The first-order valence-corrected chi connectivity index (χ1v) is 5.03. The van der Waals surface area contributed by atoms with E-state index in [-0.39, 0.29) is 5.92 Å². The molecule has 0 amide bonds. The van der Waals surface area contributed by atoms with E-state index in [0.717, 1.165) is 19.4 Å². The van der Waals surface area contributed by atoms with Gasteiger partial charge in [-0.3, -0.25) is 4.90 Å². The lowest BCUT2D eigenvalue weighted by atomic mass is 9.96. The standard InChI is InChI=1S/C10H20FN/c1-4-9(3)12-6-5-8(2)10(11)7-12/h8-10H,4-7H2,1-3H3. The predicted octanol–water partition coefficient (Wildman–Crippen LogP) is 2.46. The molecular formula is C10H20FN. The number of alkyl halides is 1. The van der Waals surface area contributed by atoms with E-state index in [9.17, 15) is 4.39 Å². The van der Waals surface area contributed by atoms with Crippen molar-refractivity contribution in [2.75, 3.05) is 13.1 Å². The van der Waals surface area contributed by atoms with Crippen molar-refractivity contribution >= 4 is 0 Å². The molecule has 0 bridgehead atoms. The molecule has 0 N–H and O–H groups in total. The molecule has 1 aliphatic rings. The average Bonchev–Trinajstić information content (AvgIpc) is 2.08. The molecule has 1 aliphatic heterocycles. The number of halogens is 1. The fourth-order valence-electron chi connectivity index (χ4n) is 1.70. The molecule has 1 rings (SSSR count). The van der Waals surface area contributed by atoms with Crippen LogP contribution in [0.3, 0.4) is 0 Å². The van der Waals surface area contributed by atoms with Gasteiger partial charge in [-0.15, -0.1) is 0 Å². The number of rotatable bonds is 2. The van der Waals surface area contributed by atoms with Crippen molar-refractivity contribution in [3.63, 3.8) is 0 Å². The quantitative estimate of drug-likeness (QED) is 0.620. The Morgan fingerprint density at radius 1 is 1.58 bits per heavy atom. The molecule has 0 aromatic rings. The topological polar surface area (TPSA) is 3.24 Å². The summed E-state index contributed by atoms with van der Waals surface area (Å²) < 4.78 is 13.3. The van der Waals surface area contributed by atoms with Crippen LogP contribution in [0.4, 0.5) is 4.39 Å². The fraction of sp³-hybridized carbons (Fsp3) is 1.00. The molecule has 72 valence electrons. The Morgan fingerprint density at radius 2 is 2.25 bits per heavy atom. The lowest BCUT2D eigenvalue weighted by Gasteiger charge is -2.36. The van der Waals surface area contributed by atoms with E-state index in [1.807, 2.05) is 6.92 Å². The van der Waals surface area contributed by atoms with Gasteiger partial charge in [0, 0.05) is 12.6 Å². The Balaban J connectivity index is 2.39. The van der Waals surface area contributed by atoms with Crippen LogP contribution < -0.4 is 0 Å². The van der Waals surface area contributed by atoms with Crippen LogP contribution in [0.5, 0.6) is 0 Å². The predicted molar refractivity (Wildman–Crippen MR) is 50.0 cm³/mol. The zero-order valence-corrected chi connectivity index (χ0v) is 8.39. The Labute approximate surface area is 74.9 Å². The van der Waals surface area contributed by atoms with Gasteiger partial charge >= 0.3 is 0 Å². The second-order valence-electron chi connectivity index (χ2n) is 4.03. The molecule has 1 nitrogen and oxygen atoms in total. The summed E-state index contributed by atoms with van der Waals surface area (Å²) in [6.45, 7) is 8.09. The summed E-state index contributed by atoms with van der Waals surface area (Å²) in [6.07, 6.45) is 1.54. The molecule has 0 spiro atoms. The third-order valence-electron chi connectivity index (χ3n) is 3.11. The number of nitrogens with zero attached hydrogens (tertiary/aromatic N) is 1. The van der Waals surface area contributed by atoms with Crippen molar-refractivity contribution in [1.29, 1.82) is 0 Å². The first-order valence-electron chi connectivity index (χ1n) is 5.03. The summed E-state index contributed by atoms with van der Waals surface area (Å²) in [5, 5.41) is 0. The summed E-state index contributed by atoms with van der Waals surface area (Å²) >= 11 is 0. The maximum Gasteiger partial charge on any atom is 0.115 e. The average molecular weight is 173 g/mol. The molecule has 3 atom stereocenters. The lowest BCUT2D eigenvalue weighted by Crippen LogP contribution is -2.45. The van der Waals surface area contributed by atoms with Crippen LogP contribution in [0.15, 0.2) is 0 Å². The zero-order chi connectivity index (χ0) is 9.14. The van der Waals surface area contributed by atoms with E-state index < -0.39 is 6.17 Å². The summed E-state index contributed by atoms with van der Waals surface area (Å²) in [4.78, 5) is 2.27. The third-order valence-corrected chi connectivity index (χ3v) is 3.11. The smallest absolute Gasteiger partial charge is 0.115 e. The van der Waals surface area contributed by atoms with Gasteiger partial charge in [0.05, 0.1) is 0 Å². The van der Waals surface area contributed by atoms with E-state index in [1.54, 1.807) is 0 Å². The second kappa shape index (κ2) is 4.22. The highest BCUT2D eigenvalue weighted by Gasteiger charge is 2.27. The summed E-state index contributed by atoms with van der Waals surface area (Å²) in [5.74, 6) is 0.269. The number of likely N-dealkylation sites (tertiary alicyclic amines) is 1. The fourth-order valence-corrected chi connectivity index (χ4v) is 1.70. The largest absolute Gasteiger partial charge is 0.298 e. The molecule has 12 heavy (non-hydrogen) atoms. The van der Waals surface area contributed by atoms with Crippen LogP contribution in [0.1, 0.15) is 33.6 Å². The van der Waals surface area contributed by atoms with Crippen LogP contribution in [-0.4, -0.2) is 30.2 Å². The summed E-state index contributed by atoms with van der Waals surface area (Å²) in [5.41, 5.74) is 0. The molecule has 0 aromatic carbocycles. The van der Waals surface area contributed by atoms with E-state index in [2.05, 4.69) is 18.7 Å². The number of hydrogen-bond donors (Lipinski definition) is 0. The maximum atomic E-state index is 13.3. The van der Waals surface area contributed by atoms with E-state index >= 15 is 0 Å². The third kappa shape index (κ3) is 2.19. The van der Waals surface area contributed by atoms with Crippen LogP contribution in [-0.2, 0) is 0 Å². The highest BCUT2D eigenvalue weighted by molar-refractivity contribution is 4.80. The Morgan fingerprint density at radius 3 is 2.75 bits per heavy atom. The molecule has 0 radical (unpaired) electrons. The van der Waals surface area contributed by atoms with E-state index in [1.165, 1.54) is 0 Å². The Hall–Kier alpha value is -0.110. The SMILES string of the molecule is CCC(C)N1CCC(C)C(F)C1. The molecule has 3 unspecified atom stereocenters. The Kier molecular flexibility index (Phi) is 3.51. The Bertz CT molecular complexity index is 138. The summed E-state index contributed by atoms with van der Waals surface area (Å²) in [6, 6.07) is 0.552. The van der Waals surface area contributed by atoms with Gasteiger partial charge in [0.1, 0.15) is 6.17 Å². The molecule has 0 aromatic heterocycles. The lowest BCUT2D eigenvalue weighted by molar-refractivity contribution is 0.0666. The molecule has 1 fully saturated rings. The van der Waals surface area contributed by atoms with Crippen molar-refractivity contribution in [3.8, 4) is 0 Å². The van der Waals surface area contributed by atoms with Crippen LogP contribution in [0, 0.1) is 5.92 Å². The van der Waals surface area contributed by atoms with Gasteiger partial charge in [-0.1, -0.05) is 13.8 Å². The zero-order valence-electron chi connectivity index (χ0n) is 8.39. The van der Waals surface area contributed by atoms with Crippen molar-refractivity contribution in [1.82, 2.24) is 4.90 Å². The van der Waals surface area contributed by atoms with Crippen LogP contribution in [0.25, 0.3) is 0 Å². The monoisotopic (exact) mass is 173 g/mol. The first-order chi connectivity index (χ1) is 5.65. The van der Waals surface area contributed by atoms with Gasteiger partial charge in [0.15, 0.2) is 0 Å². The van der Waals surface area contributed by atoms with Crippen molar-refractivity contribution in [2.24, 2.45) is 5.92 Å². The summed E-state index contributed by atoms with van der Waals surface area (Å²) in [7, 11) is 0. The van der Waals surface area contributed by atoms with Crippen molar-refractivity contribution < 1.29 is 4.39 Å². The van der Waals surface area contributed by atoms with Crippen LogP contribution >= 0.6 is 0 Å². The van der Waals surface area contributed by atoms with Gasteiger partial charge in [0.25, 0.3) is 0 Å². The van der Waals surface area contributed by atoms with Gasteiger partial charge in [-0.25, -0.2) is 4.39 Å². The van der Waals surface area contributed by atoms with Gasteiger partial charge in [-0.05, 0) is 32.2 Å². The normalized spacial score (nSPS) is 35.0. The maximum absolute atomic E-state index is 13.3. The molecule has 0 aliphatic carbocycles. The minimum Gasteiger partial charge on any atom is -0.298 e. The molecule has 0 saturated carbocycles. The molecule has 1 saturated heterocycles. The minimum atomic E-state index is -0.604.